The summed E-state index contributed by atoms with van der Waals surface area (Å²) in [6.45, 7) is 14.8. The van der Waals surface area contributed by atoms with Crippen LogP contribution in [-0.4, -0.2) is 0 Å². The number of benzene rings is 2. The highest BCUT2D eigenvalue weighted by atomic mass is 14.1. The fraction of sp³-hybridized carbons (Fsp3) is 0.391. The molecule has 0 saturated heterocycles. The molecule has 2 rings (SSSR count). The molecule has 126 valence electrons. The molecule has 2 aromatic carbocycles. The zero-order valence-electron chi connectivity index (χ0n) is 16.1. The summed E-state index contributed by atoms with van der Waals surface area (Å²) in [4.78, 5) is 0. The minimum Gasteiger partial charge on any atom is -0.0792 e. The van der Waals surface area contributed by atoms with Gasteiger partial charge in [-0.2, -0.15) is 0 Å². The third-order valence-corrected chi connectivity index (χ3v) is 3.66. The first-order chi connectivity index (χ1) is 11.2. The number of allylic oxidation sites excluding steroid dienone is 1. The van der Waals surface area contributed by atoms with Gasteiger partial charge in [-0.1, -0.05) is 95.1 Å². The maximum absolute atomic E-state index is 2.20. The molecule has 0 heterocycles. The van der Waals surface area contributed by atoms with E-state index in [1.807, 2.05) is 13.8 Å². The van der Waals surface area contributed by atoms with Crippen molar-refractivity contribution in [2.45, 2.75) is 61.3 Å². The Bertz CT molecular complexity index is 527. The van der Waals surface area contributed by atoms with E-state index in [1.165, 1.54) is 40.7 Å². The number of hydrogen-bond donors (Lipinski definition) is 0. The highest BCUT2D eigenvalue weighted by Crippen LogP contribution is 2.27. The molecule has 2 aromatic rings. The van der Waals surface area contributed by atoms with Gasteiger partial charge < -0.3 is 0 Å². The van der Waals surface area contributed by atoms with Gasteiger partial charge in [-0.25, -0.2) is 0 Å². The standard InChI is InChI=1S/C17H18.C4H10.C2H6/c1-4-15(16-11-7-5-9-13(16)2)17-12-8-6-10-14(17)3;1-3-4-2;1-2/h4-12H,1-3H3;3-4H2,1-2H3;1-2H3. The maximum atomic E-state index is 2.20. The third-order valence-electron chi connectivity index (χ3n) is 3.66. The van der Waals surface area contributed by atoms with Crippen LogP contribution in [0.3, 0.4) is 0 Å². The molecule has 0 aromatic heterocycles. The van der Waals surface area contributed by atoms with Crippen molar-refractivity contribution in [2.75, 3.05) is 0 Å². The molecule has 0 unspecified atom stereocenters. The van der Waals surface area contributed by atoms with Crippen molar-refractivity contribution in [3.05, 3.63) is 76.9 Å². The van der Waals surface area contributed by atoms with Crippen LogP contribution in [0, 0.1) is 13.8 Å². The highest BCUT2D eigenvalue weighted by molar-refractivity contribution is 5.82. The van der Waals surface area contributed by atoms with E-state index in [0.717, 1.165) is 0 Å². The number of rotatable bonds is 3. The van der Waals surface area contributed by atoms with Crippen molar-refractivity contribution in [3.63, 3.8) is 0 Å². The van der Waals surface area contributed by atoms with Gasteiger partial charge in [0.25, 0.3) is 0 Å². The Morgan fingerprint density at radius 2 is 1.09 bits per heavy atom. The van der Waals surface area contributed by atoms with Crippen molar-refractivity contribution in [3.8, 4) is 0 Å². The van der Waals surface area contributed by atoms with Crippen molar-refractivity contribution in [1.29, 1.82) is 0 Å². The number of aryl methyl sites for hydroxylation is 2. The molecule has 0 aliphatic carbocycles. The Morgan fingerprint density at radius 1 is 0.739 bits per heavy atom. The maximum Gasteiger partial charge on any atom is -0.0149 e. The summed E-state index contributed by atoms with van der Waals surface area (Å²) in [5, 5.41) is 0. The molecule has 0 radical (unpaired) electrons. The quantitative estimate of drug-likeness (QED) is 0.548. The fourth-order valence-electron chi connectivity index (χ4n) is 2.21. The van der Waals surface area contributed by atoms with Crippen molar-refractivity contribution < 1.29 is 0 Å². The highest BCUT2D eigenvalue weighted by Gasteiger charge is 2.07. The number of unbranched alkanes of at least 4 members (excludes halogenated alkanes) is 1. The van der Waals surface area contributed by atoms with Gasteiger partial charge in [-0.05, 0) is 48.6 Å². The van der Waals surface area contributed by atoms with Gasteiger partial charge in [0, 0.05) is 0 Å². The van der Waals surface area contributed by atoms with Crippen molar-refractivity contribution in [2.24, 2.45) is 0 Å². The second-order valence-electron chi connectivity index (χ2n) is 5.33. The smallest absolute Gasteiger partial charge is 0.0149 e. The van der Waals surface area contributed by atoms with E-state index in [9.17, 15) is 0 Å². The second kappa shape index (κ2) is 12.7. The largest absolute Gasteiger partial charge is 0.0792 e. The van der Waals surface area contributed by atoms with Crippen LogP contribution < -0.4 is 0 Å². The van der Waals surface area contributed by atoms with Gasteiger partial charge in [-0.3, -0.25) is 0 Å². The van der Waals surface area contributed by atoms with E-state index in [4.69, 9.17) is 0 Å². The monoisotopic (exact) mass is 310 g/mol. The van der Waals surface area contributed by atoms with Crippen molar-refractivity contribution >= 4 is 5.57 Å². The molecular formula is C23H34. The SMILES string of the molecule is CC.CC=C(c1ccccc1C)c1ccccc1C.CCCC. The molecule has 0 saturated carbocycles. The second-order valence-corrected chi connectivity index (χ2v) is 5.33. The van der Waals surface area contributed by atoms with Gasteiger partial charge >= 0.3 is 0 Å². The van der Waals surface area contributed by atoms with E-state index in [2.05, 4.69) is 89.2 Å². The van der Waals surface area contributed by atoms with Crippen LogP contribution in [0.1, 0.15) is 69.7 Å². The van der Waals surface area contributed by atoms with Crippen LogP contribution >= 0.6 is 0 Å². The lowest BCUT2D eigenvalue weighted by molar-refractivity contribution is 0.886. The Hall–Kier alpha value is -1.82. The Labute approximate surface area is 144 Å². The van der Waals surface area contributed by atoms with E-state index in [0.29, 0.717) is 0 Å². The molecule has 0 heteroatoms. The van der Waals surface area contributed by atoms with Gasteiger partial charge in [0.2, 0.25) is 0 Å². The molecule has 23 heavy (non-hydrogen) atoms. The fourth-order valence-corrected chi connectivity index (χ4v) is 2.21. The van der Waals surface area contributed by atoms with Crippen molar-refractivity contribution in [1.82, 2.24) is 0 Å². The normalized spacial score (nSPS) is 9.00. The minimum atomic E-state index is 1.32. The molecule has 0 fully saturated rings. The third kappa shape index (κ3) is 6.86. The molecule has 0 aliphatic rings. The molecule has 0 bridgehead atoms. The van der Waals surface area contributed by atoms with E-state index >= 15 is 0 Å². The zero-order valence-corrected chi connectivity index (χ0v) is 16.1. The summed E-state index contributed by atoms with van der Waals surface area (Å²) in [6.07, 6.45) is 4.84. The van der Waals surface area contributed by atoms with Gasteiger partial charge in [0.1, 0.15) is 0 Å². The van der Waals surface area contributed by atoms with Crippen LogP contribution in [0.25, 0.3) is 5.57 Å². The molecule has 0 nitrogen and oxygen atoms in total. The van der Waals surface area contributed by atoms with E-state index in [1.54, 1.807) is 0 Å². The first-order valence-corrected chi connectivity index (χ1v) is 8.93. The van der Waals surface area contributed by atoms with Gasteiger partial charge in [-0.15, -0.1) is 0 Å². The lowest BCUT2D eigenvalue weighted by Gasteiger charge is -2.13. The van der Waals surface area contributed by atoms with Crippen LogP contribution in [0.15, 0.2) is 54.6 Å². The van der Waals surface area contributed by atoms with E-state index in [-0.39, 0.29) is 0 Å². The lowest BCUT2D eigenvalue weighted by Crippen LogP contribution is -1.93. The van der Waals surface area contributed by atoms with Crippen LogP contribution in [0.5, 0.6) is 0 Å². The summed E-state index contributed by atoms with van der Waals surface area (Å²) in [5.74, 6) is 0. The lowest BCUT2D eigenvalue weighted by atomic mass is 9.92. The van der Waals surface area contributed by atoms with Crippen LogP contribution in [-0.2, 0) is 0 Å². The van der Waals surface area contributed by atoms with Gasteiger partial charge in [0.05, 0.1) is 0 Å². The Kier molecular flexibility index (Phi) is 11.7. The Balaban J connectivity index is 0.000000705. The Morgan fingerprint density at radius 3 is 1.35 bits per heavy atom. The minimum absolute atomic E-state index is 1.32. The van der Waals surface area contributed by atoms with Gasteiger partial charge in [0.15, 0.2) is 0 Å². The van der Waals surface area contributed by atoms with Crippen LogP contribution in [0.4, 0.5) is 0 Å². The van der Waals surface area contributed by atoms with Crippen LogP contribution in [0.2, 0.25) is 0 Å². The molecular weight excluding hydrogens is 276 g/mol. The zero-order chi connectivity index (χ0) is 17.7. The predicted molar refractivity (Wildman–Crippen MR) is 107 cm³/mol. The average molecular weight is 311 g/mol. The summed E-state index contributed by atoms with van der Waals surface area (Å²) in [6, 6.07) is 17.1. The summed E-state index contributed by atoms with van der Waals surface area (Å²) in [5.41, 5.74) is 6.61. The van der Waals surface area contributed by atoms with E-state index < -0.39 is 0 Å². The molecule has 0 N–H and O–H groups in total. The summed E-state index contributed by atoms with van der Waals surface area (Å²) >= 11 is 0. The predicted octanol–water partition coefficient (Wildman–Crippen LogP) is 7.59. The summed E-state index contributed by atoms with van der Waals surface area (Å²) < 4.78 is 0. The average Bonchev–Trinajstić information content (AvgIpc) is 2.61. The molecule has 0 amide bonds. The number of hydrogen-bond acceptors (Lipinski definition) is 0. The summed E-state index contributed by atoms with van der Waals surface area (Å²) in [7, 11) is 0. The first kappa shape index (κ1) is 21.2. The molecule has 0 aliphatic heterocycles. The topological polar surface area (TPSA) is 0 Å². The molecule has 0 spiro atoms. The molecule has 0 atom stereocenters. The first-order valence-electron chi connectivity index (χ1n) is 8.93.